The molecule has 5 rings (SSSR count). The first kappa shape index (κ1) is 36.6. The molecule has 2 amide bonds. The average Bonchev–Trinajstić information content (AvgIpc) is 3.09. The number of carboxylic acid groups (broad SMARTS) is 1. The lowest BCUT2D eigenvalue weighted by atomic mass is 10.0. The van der Waals surface area contributed by atoms with E-state index in [0.717, 1.165) is 29.5 Å². The van der Waals surface area contributed by atoms with E-state index in [1.807, 2.05) is 4.72 Å². The van der Waals surface area contributed by atoms with Crippen molar-refractivity contribution in [2.45, 2.75) is 30.2 Å². The smallest absolute Gasteiger partial charge is 0.335 e. The van der Waals surface area contributed by atoms with Crippen molar-refractivity contribution < 1.29 is 41.4 Å². The zero-order chi connectivity index (χ0) is 36.9. The number of carbonyl (C=O) groups excluding carboxylic acids is 2. The molecular weight excluding hydrogens is 692 g/mol. The van der Waals surface area contributed by atoms with Gasteiger partial charge in [-0.2, -0.15) is 0 Å². The second-order valence-corrected chi connectivity index (χ2v) is 13.5. The first-order valence-electron chi connectivity index (χ1n) is 15.6. The van der Waals surface area contributed by atoms with Gasteiger partial charge in [0.15, 0.2) is 0 Å². The van der Waals surface area contributed by atoms with Gasteiger partial charge < -0.3 is 25.0 Å². The summed E-state index contributed by atoms with van der Waals surface area (Å²) in [4.78, 5) is 61.6. The van der Waals surface area contributed by atoms with Crippen LogP contribution in [0.3, 0.4) is 0 Å². The number of amides is 2. The van der Waals surface area contributed by atoms with Crippen molar-refractivity contribution >= 4 is 33.5 Å². The molecule has 0 spiro atoms. The van der Waals surface area contributed by atoms with Crippen LogP contribution in [0.25, 0.3) is 5.69 Å². The minimum atomic E-state index is -4.39. The van der Waals surface area contributed by atoms with Crippen LogP contribution in [0.15, 0.2) is 87.4 Å². The molecule has 0 bridgehead atoms. The Hall–Kier alpha value is -5.68. The van der Waals surface area contributed by atoms with E-state index in [2.05, 4.69) is 10.6 Å². The van der Waals surface area contributed by atoms with Gasteiger partial charge in [-0.05, 0) is 72.9 Å². The van der Waals surface area contributed by atoms with Crippen molar-refractivity contribution in [3.63, 3.8) is 0 Å². The maximum atomic E-state index is 15.1. The zero-order valence-electron chi connectivity index (χ0n) is 27.1. The monoisotopic (exact) mass is 725 g/mol. The number of ether oxygens (including phenoxy) is 1. The topological polar surface area (TPSA) is 195 Å². The fourth-order valence-corrected chi connectivity index (χ4v) is 6.43. The van der Waals surface area contributed by atoms with Crippen LogP contribution in [0.4, 0.5) is 14.5 Å². The lowest BCUT2D eigenvalue weighted by Crippen LogP contribution is -2.43. The summed E-state index contributed by atoms with van der Waals surface area (Å²) < 4.78 is 65.5. The Morgan fingerprint density at radius 1 is 0.941 bits per heavy atom. The van der Waals surface area contributed by atoms with Crippen LogP contribution in [0.1, 0.15) is 39.1 Å². The average molecular weight is 726 g/mol. The van der Waals surface area contributed by atoms with E-state index in [1.54, 1.807) is 0 Å². The summed E-state index contributed by atoms with van der Waals surface area (Å²) in [6, 6.07) is 11.2. The van der Waals surface area contributed by atoms with Crippen LogP contribution < -0.4 is 26.6 Å². The number of anilines is 1. The molecule has 1 aliphatic rings. The van der Waals surface area contributed by atoms with E-state index in [4.69, 9.17) is 4.74 Å². The summed E-state index contributed by atoms with van der Waals surface area (Å²) in [5.74, 6) is -5.98. The van der Waals surface area contributed by atoms with Gasteiger partial charge in [0.2, 0.25) is 0 Å². The predicted molar refractivity (Wildman–Crippen MR) is 179 cm³/mol. The molecule has 17 heteroatoms. The third-order valence-electron chi connectivity index (χ3n) is 8.23. The van der Waals surface area contributed by atoms with Gasteiger partial charge in [0.25, 0.3) is 27.4 Å². The third kappa shape index (κ3) is 8.74. The normalized spacial score (nSPS) is 14.0. The molecule has 1 aliphatic heterocycles. The van der Waals surface area contributed by atoms with Crippen LogP contribution in [-0.4, -0.2) is 66.2 Å². The highest BCUT2D eigenvalue weighted by molar-refractivity contribution is 7.92. The molecule has 4 N–H and O–H groups in total. The Bertz CT molecular complexity index is 2160. The number of rotatable bonds is 12. The maximum Gasteiger partial charge on any atom is 0.335 e. The lowest BCUT2D eigenvalue weighted by molar-refractivity contribution is -0.139. The summed E-state index contributed by atoms with van der Waals surface area (Å²) in [5, 5.41) is 14.6. The molecule has 0 radical (unpaired) electrons. The Morgan fingerprint density at radius 2 is 1.57 bits per heavy atom. The number of halogens is 2. The lowest BCUT2D eigenvalue weighted by Gasteiger charge is -2.22. The largest absolute Gasteiger partial charge is 0.480 e. The van der Waals surface area contributed by atoms with E-state index in [-0.39, 0.29) is 28.5 Å². The van der Waals surface area contributed by atoms with Gasteiger partial charge in [-0.1, -0.05) is 12.1 Å². The molecule has 0 saturated carbocycles. The number of hydrogen-bond acceptors (Lipinski definition) is 8. The Balaban J connectivity index is 1.23. The summed E-state index contributed by atoms with van der Waals surface area (Å²) in [5.41, 5.74) is -2.12. The first-order valence-corrected chi connectivity index (χ1v) is 17.1. The predicted octanol–water partition coefficient (Wildman–Crippen LogP) is 2.20. The number of nitrogens with zero attached hydrogens (tertiary/aromatic N) is 2. The molecule has 2 heterocycles. The number of aliphatic carboxylic acids is 1. The molecular formula is C34H33F2N5O9S. The molecule has 1 atom stereocenters. The number of aromatic nitrogens is 2. The second-order valence-electron chi connectivity index (χ2n) is 11.8. The molecule has 4 aromatic rings. The highest BCUT2D eigenvalue weighted by atomic mass is 32.2. The van der Waals surface area contributed by atoms with E-state index in [1.165, 1.54) is 60.3 Å². The van der Waals surface area contributed by atoms with Gasteiger partial charge >= 0.3 is 11.7 Å². The van der Waals surface area contributed by atoms with Crippen molar-refractivity contribution in [2.75, 3.05) is 24.5 Å². The van der Waals surface area contributed by atoms with Gasteiger partial charge in [0.1, 0.15) is 23.2 Å². The van der Waals surface area contributed by atoms with Crippen LogP contribution in [0.5, 0.6) is 0 Å². The van der Waals surface area contributed by atoms with Crippen LogP contribution in [-0.2, 0) is 33.0 Å². The number of sulfonamides is 1. The second kappa shape index (κ2) is 15.5. The molecule has 268 valence electrons. The minimum Gasteiger partial charge on any atom is -0.480 e. The highest BCUT2D eigenvalue weighted by Gasteiger charge is 2.27. The van der Waals surface area contributed by atoms with E-state index in [9.17, 15) is 37.5 Å². The van der Waals surface area contributed by atoms with Crippen molar-refractivity contribution in [1.82, 2.24) is 19.8 Å². The number of carbonyl (C=O) groups is 3. The SMILES string of the molecule is Cn1ccc(=O)n(-c2ccc(C[C@H](NC(=O)c3c(F)cc(NS(=O)(=O)c4ccc(C(=O)NCC5CCOCC5)cc4)cc3F)C(=O)O)cc2)c1=O. The fourth-order valence-electron chi connectivity index (χ4n) is 5.39. The molecule has 1 saturated heterocycles. The van der Waals surface area contributed by atoms with Crippen LogP contribution in [0, 0.1) is 17.6 Å². The maximum absolute atomic E-state index is 15.1. The number of aryl methyl sites for hydroxylation is 1. The zero-order valence-corrected chi connectivity index (χ0v) is 27.9. The van der Waals surface area contributed by atoms with Gasteiger partial charge in [-0.15, -0.1) is 0 Å². The minimum absolute atomic E-state index is 0.210. The number of carboxylic acids is 1. The number of nitrogens with one attached hydrogen (secondary N) is 3. The van der Waals surface area contributed by atoms with Gasteiger partial charge in [0, 0.05) is 51.1 Å². The van der Waals surface area contributed by atoms with Crippen molar-refractivity contribution in [3.05, 3.63) is 122 Å². The standard InChI is InChI=1S/C34H33F2N5O9S/c1-40-13-10-29(42)41(34(40)47)24-6-2-20(3-7-24)16-28(33(45)46)38-32(44)30-26(35)17-23(18-27(30)36)39-51(48,49)25-8-4-22(5-9-25)31(43)37-19-21-11-14-50-15-12-21/h2-10,13,17-18,21,28,39H,11-12,14-16,19H2,1H3,(H,37,43)(H,38,44)(H,45,46)/t28-/m0/s1. The highest BCUT2D eigenvalue weighted by Crippen LogP contribution is 2.23. The van der Waals surface area contributed by atoms with E-state index < -0.39 is 68.0 Å². The van der Waals surface area contributed by atoms with Crippen molar-refractivity contribution in [2.24, 2.45) is 13.0 Å². The molecule has 3 aromatic carbocycles. The number of benzene rings is 3. The van der Waals surface area contributed by atoms with Crippen LogP contribution >= 0.6 is 0 Å². The van der Waals surface area contributed by atoms with Gasteiger partial charge in [0.05, 0.1) is 16.3 Å². The fraction of sp³-hybridized carbons (Fsp3) is 0.265. The first-order chi connectivity index (χ1) is 24.2. The third-order valence-corrected chi connectivity index (χ3v) is 9.63. The molecule has 14 nitrogen and oxygen atoms in total. The van der Waals surface area contributed by atoms with Crippen molar-refractivity contribution in [1.29, 1.82) is 0 Å². The molecule has 1 fully saturated rings. The van der Waals surface area contributed by atoms with Crippen molar-refractivity contribution in [3.8, 4) is 5.69 Å². The molecule has 0 unspecified atom stereocenters. The quantitative estimate of drug-likeness (QED) is 0.169. The van der Waals surface area contributed by atoms with E-state index in [0.29, 0.717) is 37.5 Å². The van der Waals surface area contributed by atoms with Gasteiger partial charge in [-0.25, -0.2) is 31.4 Å². The Kier molecular flexibility index (Phi) is 11.1. The Morgan fingerprint density at radius 3 is 2.18 bits per heavy atom. The van der Waals surface area contributed by atoms with E-state index >= 15 is 8.78 Å². The number of hydrogen-bond donors (Lipinski definition) is 4. The molecule has 51 heavy (non-hydrogen) atoms. The van der Waals surface area contributed by atoms with Gasteiger partial charge in [-0.3, -0.25) is 19.1 Å². The Labute approximate surface area is 289 Å². The summed E-state index contributed by atoms with van der Waals surface area (Å²) in [6.07, 6.45) is 2.62. The summed E-state index contributed by atoms with van der Waals surface area (Å²) >= 11 is 0. The summed E-state index contributed by atoms with van der Waals surface area (Å²) in [6.45, 7) is 1.70. The summed E-state index contributed by atoms with van der Waals surface area (Å²) in [7, 11) is -2.93. The molecule has 1 aromatic heterocycles. The molecule has 0 aliphatic carbocycles. The van der Waals surface area contributed by atoms with Crippen LogP contribution in [0.2, 0.25) is 0 Å².